The van der Waals surface area contributed by atoms with Gasteiger partial charge in [-0.3, -0.25) is 14.4 Å². The zero-order valence-corrected chi connectivity index (χ0v) is 23.8. The van der Waals surface area contributed by atoms with Crippen LogP contribution in [0.3, 0.4) is 0 Å². The molecule has 1 aromatic carbocycles. The van der Waals surface area contributed by atoms with Gasteiger partial charge in [-0.25, -0.2) is 0 Å². The molecule has 1 unspecified atom stereocenters. The third-order valence-electron chi connectivity index (χ3n) is 6.70. The lowest BCUT2D eigenvalue weighted by atomic mass is 9.95. The van der Waals surface area contributed by atoms with Crippen molar-refractivity contribution in [3.8, 4) is 0 Å². The standard InChI is InChI=1S/C29H37N5O4S/c1-18-12-14-19(15-13-18)24(27(36)32-29(2,3)4)34(17-21-11-8-16-38-21)28(37)25-22(30)23(33-39-25)26(35)31-20-9-6-5-7-10-20/h8,11-16,20,24H,5-7,9-10,17,30H2,1-4H3,(H,31,35)(H,32,36). The second-order valence-corrected chi connectivity index (χ2v) is 11.9. The highest BCUT2D eigenvalue weighted by Crippen LogP contribution is 2.31. The Morgan fingerprint density at radius 2 is 1.82 bits per heavy atom. The molecule has 208 valence electrons. The summed E-state index contributed by atoms with van der Waals surface area (Å²) in [5.74, 6) is -0.729. The number of nitrogens with two attached hydrogens (primary N) is 1. The fourth-order valence-electron chi connectivity index (χ4n) is 4.76. The molecule has 4 N–H and O–H groups in total. The van der Waals surface area contributed by atoms with Gasteiger partial charge in [0, 0.05) is 11.6 Å². The Hall–Kier alpha value is -3.66. The van der Waals surface area contributed by atoms with Crippen LogP contribution in [0.4, 0.5) is 5.69 Å². The maximum Gasteiger partial charge on any atom is 0.273 e. The summed E-state index contributed by atoms with van der Waals surface area (Å²) in [6.45, 7) is 7.62. The minimum atomic E-state index is -0.983. The number of nitrogens with zero attached hydrogens (tertiary/aromatic N) is 2. The summed E-state index contributed by atoms with van der Waals surface area (Å²) in [6, 6.07) is 10.0. The molecule has 0 aliphatic heterocycles. The van der Waals surface area contributed by atoms with Crippen molar-refractivity contribution in [2.75, 3.05) is 5.73 Å². The fourth-order valence-corrected chi connectivity index (χ4v) is 5.51. The largest absolute Gasteiger partial charge is 0.467 e. The molecule has 0 saturated heterocycles. The minimum Gasteiger partial charge on any atom is -0.467 e. The number of aromatic nitrogens is 1. The summed E-state index contributed by atoms with van der Waals surface area (Å²) in [7, 11) is 0. The van der Waals surface area contributed by atoms with E-state index >= 15 is 0 Å². The molecule has 10 heteroatoms. The monoisotopic (exact) mass is 551 g/mol. The number of anilines is 1. The van der Waals surface area contributed by atoms with Crippen molar-refractivity contribution in [2.45, 2.75) is 84.0 Å². The first-order valence-corrected chi connectivity index (χ1v) is 14.1. The highest BCUT2D eigenvalue weighted by Gasteiger charge is 2.37. The van der Waals surface area contributed by atoms with Crippen LogP contribution in [0.15, 0.2) is 47.1 Å². The fraction of sp³-hybridized carbons (Fsp3) is 0.448. The van der Waals surface area contributed by atoms with Crippen molar-refractivity contribution in [1.82, 2.24) is 19.9 Å². The second kappa shape index (κ2) is 12.0. The molecule has 9 nitrogen and oxygen atoms in total. The Bertz CT molecular complexity index is 1290. The van der Waals surface area contributed by atoms with E-state index in [-0.39, 0.29) is 40.7 Å². The first-order valence-electron chi connectivity index (χ1n) is 13.3. The molecule has 4 rings (SSSR count). The van der Waals surface area contributed by atoms with Crippen LogP contribution < -0.4 is 16.4 Å². The number of hydrogen-bond donors (Lipinski definition) is 3. The summed E-state index contributed by atoms with van der Waals surface area (Å²) in [6.07, 6.45) is 6.66. The van der Waals surface area contributed by atoms with Gasteiger partial charge in [-0.15, -0.1) is 0 Å². The first kappa shape index (κ1) is 28.4. The van der Waals surface area contributed by atoms with Crippen molar-refractivity contribution >= 4 is 34.9 Å². The topological polar surface area (TPSA) is 131 Å². The average molecular weight is 552 g/mol. The molecule has 39 heavy (non-hydrogen) atoms. The molecule has 1 fully saturated rings. The Balaban J connectivity index is 1.70. The molecule has 2 aromatic heterocycles. The summed E-state index contributed by atoms with van der Waals surface area (Å²) in [4.78, 5) is 42.4. The van der Waals surface area contributed by atoms with Crippen molar-refractivity contribution in [1.29, 1.82) is 0 Å². The highest BCUT2D eigenvalue weighted by atomic mass is 32.1. The van der Waals surface area contributed by atoms with Gasteiger partial charge in [0.25, 0.3) is 11.8 Å². The summed E-state index contributed by atoms with van der Waals surface area (Å²) >= 11 is 0.866. The number of amides is 3. The number of carbonyl (C=O) groups is 3. The van der Waals surface area contributed by atoms with E-state index in [2.05, 4.69) is 15.0 Å². The van der Waals surface area contributed by atoms with E-state index in [1.54, 1.807) is 12.1 Å². The van der Waals surface area contributed by atoms with E-state index in [1.165, 1.54) is 17.6 Å². The Morgan fingerprint density at radius 1 is 1.13 bits per heavy atom. The lowest BCUT2D eigenvalue weighted by Crippen LogP contribution is -2.49. The Morgan fingerprint density at radius 3 is 2.44 bits per heavy atom. The van der Waals surface area contributed by atoms with Crippen LogP contribution >= 0.6 is 11.5 Å². The van der Waals surface area contributed by atoms with Gasteiger partial charge in [-0.1, -0.05) is 49.1 Å². The molecular formula is C29H37N5O4S. The van der Waals surface area contributed by atoms with Crippen LogP contribution in [0.2, 0.25) is 0 Å². The molecule has 3 aromatic rings. The average Bonchev–Trinajstić information content (AvgIpc) is 3.53. The number of rotatable bonds is 8. The SMILES string of the molecule is Cc1ccc(C(C(=O)NC(C)(C)C)N(Cc2ccco2)C(=O)c2snc(C(=O)NC3CCCCC3)c2N)cc1. The first-order chi connectivity index (χ1) is 18.5. The van der Waals surface area contributed by atoms with Gasteiger partial charge in [0.1, 0.15) is 16.7 Å². The van der Waals surface area contributed by atoms with Crippen LogP contribution in [0, 0.1) is 6.92 Å². The normalized spacial score (nSPS) is 15.0. The van der Waals surface area contributed by atoms with E-state index < -0.39 is 17.5 Å². The lowest BCUT2D eigenvalue weighted by Gasteiger charge is -2.33. The van der Waals surface area contributed by atoms with Crippen LogP contribution in [-0.2, 0) is 11.3 Å². The minimum absolute atomic E-state index is 0.0154. The van der Waals surface area contributed by atoms with Gasteiger partial charge in [0.05, 0.1) is 18.5 Å². The van der Waals surface area contributed by atoms with E-state index in [9.17, 15) is 14.4 Å². The number of aryl methyl sites for hydroxylation is 1. The van der Waals surface area contributed by atoms with Gasteiger partial charge in [0.15, 0.2) is 5.69 Å². The number of hydrogen-bond acceptors (Lipinski definition) is 7. The van der Waals surface area contributed by atoms with Crippen molar-refractivity contribution in [2.24, 2.45) is 0 Å². The zero-order valence-electron chi connectivity index (χ0n) is 23.0. The molecule has 0 bridgehead atoms. The molecule has 1 aliphatic carbocycles. The molecule has 1 saturated carbocycles. The quantitative estimate of drug-likeness (QED) is 0.362. The van der Waals surface area contributed by atoms with E-state index in [0.29, 0.717) is 11.3 Å². The molecule has 3 amide bonds. The highest BCUT2D eigenvalue weighted by molar-refractivity contribution is 7.09. The number of carbonyl (C=O) groups excluding carboxylic acids is 3. The molecular weight excluding hydrogens is 514 g/mol. The third-order valence-corrected chi connectivity index (χ3v) is 7.55. The maximum atomic E-state index is 14.1. The molecule has 2 heterocycles. The van der Waals surface area contributed by atoms with Crippen LogP contribution in [-0.4, -0.2) is 38.6 Å². The third kappa shape index (κ3) is 7.06. The van der Waals surface area contributed by atoms with Crippen molar-refractivity contribution < 1.29 is 18.8 Å². The lowest BCUT2D eigenvalue weighted by molar-refractivity contribution is -0.127. The number of nitrogen functional groups attached to an aromatic ring is 1. The number of benzene rings is 1. The predicted octanol–water partition coefficient (Wildman–Crippen LogP) is 4.99. The summed E-state index contributed by atoms with van der Waals surface area (Å²) in [5.41, 5.74) is 7.56. The van der Waals surface area contributed by atoms with Crippen LogP contribution in [0.25, 0.3) is 0 Å². The Kier molecular flexibility index (Phi) is 8.74. The zero-order chi connectivity index (χ0) is 28.2. The summed E-state index contributed by atoms with van der Waals surface area (Å²) < 4.78 is 9.82. The van der Waals surface area contributed by atoms with Gasteiger partial charge in [-0.05, 0) is 69.8 Å². The van der Waals surface area contributed by atoms with E-state index in [4.69, 9.17) is 10.2 Å². The van der Waals surface area contributed by atoms with Crippen LogP contribution in [0.1, 0.15) is 96.0 Å². The molecule has 0 radical (unpaired) electrons. The Labute approximate surface area is 233 Å². The van der Waals surface area contributed by atoms with Crippen molar-refractivity contribution in [3.63, 3.8) is 0 Å². The van der Waals surface area contributed by atoms with Gasteiger partial charge in [-0.2, -0.15) is 4.37 Å². The number of furan rings is 1. The number of nitrogens with one attached hydrogen (secondary N) is 2. The van der Waals surface area contributed by atoms with E-state index in [1.807, 2.05) is 52.0 Å². The second-order valence-electron chi connectivity index (χ2n) is 11.1. The predicted molar refractivity (Wildman–Crippen MR) is 151 cm³/mol. The van der Waals surface area contributed by atoms with Gasteiger partial charge >= 0.3 is 0 Å². The smallest absolute Gasteiger partial charge is 0.273 e. The molecule has 1 aliphatic rings. The summed E-state index contributed by atoms with van der Waals surface area (Å²) in [5, 5.41) is 6.02. The van der Waals surface area contributed by atoms with Crippen molar-refractivity contribution in [3.05, 3.63) is 70.1 Å². The van der Waals surface area contributed by atoms with Gasteiger partial charge < -0.3 is 25.7 Å². The maximum absolute atomic E-state index is 14.1. The van der Waals surface area contributed by atoms with E-state index in [0.717, 1.165) is 42.8 Å². The van der Waals surface area contributed by atoms with Crippen LogP contribution in [0.5, 0.6) is 0 Å². The molecule has 0 spiro atoms. The van der Waals surface area contributed by atoms with Gasteiger partial charge in [0.2, 0.25) is 5.91 Å². The molecule has 1 atom stereocenters.